The van der Waals surface area contributed by atoms with Gasteiger partial charge in [-0.3, -0.25) is 19.3 Å². The number of carbonyl (C=O) groups is 4. The number of amides is 1. The molecule has 8 nitrogen and oxygen atoms in total. The van der Waals surface area contributed by atoms with Crippen LogP contribution in [0.3, 0.4) is 0 Å². The van der Waals surface area contributed by atoms with Crippen LogP contribution >= 0.6 is 11.6 Å². The molecule has 3 N–H and O–H groups in total. The summed E-state index contributed by atoms with van der Waals surface area (Å²) in [7, 11) is 0. The molecule has 1 aliphatic carbocycles. The number of aliphatic carboxylic acids is 2. The summed E-state index contributed by atoms with van der Waals surface area (Å²) in [6, 6.07) is 24.3. The molecule has 12 heteroatoms. The van der Waals surface area contributed by atoms with E-state index in [1.807, 2.05) is 36.4 Å². The van der Waals surface area contributed by atoms with E-state index in [2.05, 4.69) is 0 Å². The van der Waals surface area contributed by atoms with Crippen molar-refractivity contribution in [1.82, 2.24) is 0 Å². The monoisotopic (exact) mass is 645 g/mol. The van der Waals surface area contributed by atoms with Gasteiger partial charge in [-0.15, -0.1) is 0 Å². The average molecular weight is 646 g/mol. The molecule has 0 radical (unpaired) electrons. The summed E-state index contributed by atoms with van der Waals surface area (Å²) in [6.45, 7) is 0. The van der Waals surface area contributed by atoms with Crippen LogP contribution in [-0.4, -0.2) is 44.8 Å². The normalized spacial score (nSPS) is 14.1. The van der Waals surface area contributed by atoms with Crippen LogP contribution in [0, 0.1) is 17.6 Å². The standard InChI is InChI=1S/C16H12FNO3.C10H10O2.C7H4ClFO.Na.H2O/c17-12-7-5-10(6-8-12)15(19)18-13-4-2-1-3-11(13)9-14(18)16(20)21;11-10(12)9-5-7-3-1-2-4-8(7)6-9;8-7(10)5-1-3-6(9)4-2-5;;/h1-8,14H,9H2,(H,20,21);1-4,9H,5-6H2,(H,11,12);1-4H;;1H2/q;;;+1;/p-1. The number of anilines is 1. The largest absolute Gasteiger partial charge is 1.00 e. The Kier molecular flexibility index (Phi) is 14.0. The zero-order valence-corrected chi connectivity index (χ0v) is 26.8. The third kappa shape index (κ3) is 9.53. The summed E-state index contributed by atoms with van der Waals surface area (Å²) < 4.78 is 25.1. The Morgan fingerprint density at radius 3 is 1.53 bits per heavy atom. The minimum Gasteiger partial charge on any atom is -0.870 e. The van der Waals surface area contributed by atoms with E-state index >= 15 is 0 Å². The van der Waals surface area contributed by atoms with Crippen molar-refractivity contribution in [2.24, 2.45) is 5.92 Å². The number of fused-ring (bicyclic) bond motifs is 2. The fourth-order valence-corrected chi connectivity index (χ4v) is 5.01. The fraction of sp³-hybridized carbons (Fsp3) is 0.152. The molecule has 45 heavy (non-hydrogen) atoms. The molecular formula is C33H27ClF2NNaO7. The summed E-state index contributed by atoms with van der Waals surface area (Å²) in [5, 5.41) is 17.6. The molecule has 1 unspecified atom stereocenters. The van der Waals surface area contributed by atoms with Gasteiger partial charge in [-0.25, -0.2) is 13.6 Å². The molecule has 0 saturated heterocycles. The van der Waals surface area contributed by atoms with Crippen molar-refractivity contribution in [2.75, 3.05) is 4.90 Å². The second-order valence-electron chi connectivity index (χ2n) is 9.86. The molecule has 0 spiro atoms. The van der Waals surface area contributed by atoms with Crippen molar-refractivity contribution >= 4 is 40.4 Å². The maximum absolute atomic E-state index is 13.0. The molecule has 0 fully saturated rings. The fourth-order valence-electron chi connectivity index (χ4n) is 4.88. The van der Waals surface area contributed by atoms with Gasteiger partial charge in [0.1, 0.15) is 17.7 Å². The van der Waals surface area contributed by atoms with Crippen LogP contribution in [0.2, 0.25) is 0 Å². The summed E-state index contributed by atoms with van der Waals surface area (Å²) in [4.78, 5) is 46.3. The molecule has 2 aliphatic rings. The van der Waals surface area contributed by atoms with Crippen molar-refractivity contribution in [3.05, 3.63) is 137 Å². The van der Waals surface area contributed by atoms with Gasteiger partial charge in [-0.05, 0) is 95.7 Å². The topological polar surface area (TPSA) is 142 Å². The molecule has 1 atom stereocenters. The van der Waals surface area contributed by atoms with Crippen molar-refractivity contribution in [2.45, 2.75) is 25.3 Å². The summed E-state index contributed by atoms with van der Waals surface area (Å²) >= 11 is 5.09. The van der Waals surface area contributed by atoms with E-state index in [1.165, 1.54) is 64.6 Å². The summed E-state index contributed by atoms with van der Waals surface area (Å²) in [6.07, 6.45) is 1.68. The Morgan fingerprint density at radius 2 is 1.09 bits per heavy atom. The van der Waals surface area contributed by atoms with Crippen LogP contribution in [0.4, 0.5) is 14.5 Å². The van der Waals surface area contributed by atoms with Gasteiger partial charge in [0.25, 0.3) is 11.1 Å². The molecule has 1 amide bonds. The molecule has 1 aliphatic heterocycles. The molecular weight excluding hydrogens is 619 g/mol. The van der Waals surface area contributed by atoms with Crippen molar-refractivity contribution in [3.63, 3.8) is 0 Å². The number of carbonyl (C=O) groups excluding carboxylic acids is 2. The molecule has 4 aromatic carbocycles. The minimum absolute atomic E-state index is 0. The first-order valence-corrected chi connectivity index (χ1v) is 13.6. The summed E-state index contributed by atoms with van der Waals surface area (Å²) in [5.41, 5.74) is 4.39. The van der Waals surface area contributed by atoms with Gasteiger partial charge in [-0.2, -0.15) is 0 Å². The first kappa shape index (κ1) is 37.3. The second-order valence-corrected chi connectivity index (χ2v) is 10.2. The van der Waals surface area contributed by atoms with Crippen LogP contribution in [0.1, 0.15) is 37.4 Å². The predicted molar refractivity (Wildman–Crippen MR) is 158 cm³/mol. The number of nitrogens with zero attached hydrogens (tertiary/aromatic N) is 1. The first-order chi connectivity index (χ1) is 20.5. The number of halogens is 3. The maximum atomic E-state index is 13.0. The molecule has 228 valence electrons. The van der Waals surface area contributed by atoms with Crippen molar-refractivity contribution < 1.29 is 73.2 Å². The smallest absolute Gasteiger partial charge is 0.870 e. The number of benzene rings is 4. The van der Waals surface area contributed by atoms with Gasteiger partial charge < -0.3 is 15.7 Å². The second kappa shape index (κ2) is 17.0. The number of rotatable bonds is 4. The van der Waals surface area contributed by atoms with Gasteiger partial charge in [0, 0.05) is 23.2 Å². The van der Waals surface area contributed by atoms with Gasteiger partial charge in [0.2, 0.25) is 0 Å². The summed E-state index contributed by atoms with van der Waals surface area (Å²) in [5.74, 6) is -3.17. The van der Waals surface area contributed by atoms with Crippen LogP contribution in [0.25, 0.3) is 0 Å². The molecule has 1 heterocycles. The molecule has 0 bridgehead atoms. The van der Waals surface area contributed by atoms with E-state index in [4.69, 9.17) is 16.7 Å². The third-order valence-corrected chi connectivity index (χ3v) is 7.26. The first-order valence-electron chi connectivity index (χ1n) is 13.2. The van der Waals surface area contributed by atoms with Crippen LogP contribution < -0.4 is 34.5 Å². The van der Waals surface area contributed by atoms with Gasteiger partial charge in [-0.1, -0.05) is 42.5 Å². The van der Waals surface area contributed by atoms with E-state index in [1.54, 1.807) is 12.1 Å². The molecule has 0 saturated carbocycles. The molecule has 0 aromatic heterocycles. The van der Waals surface area contributed by atoms with Gasteiger partial charge in [0.05, 0.1) is 5.92 Å². The van der Waals surface area contributed by atoms with E-state index in [9.17, 15) is 33.1 Å². The quantitative estimate of drug-likeness (QED) is 0.257. The Bertz CT molecular complexity index is 1630. The number of hydrogen-bond acceptors (Lipinski definition) is 5. The molecule has 4 aromatic rings. The number of carboxylic acid groups (broad SMARTS) is 2. The third-order valence-electron chi connectivity index (χ3n) is 7.04. The van der Waals surface area contributed by atoms with E-state index in [0.29, 0.717) is 24.1 Å². The predicted octanol–water partition coefficient (Wildman–Crippen LogP) is 3.00. The SMILES string of the molecule is O=C(Cl)c1ccc(F)cc1.O=C(O)C1Cc2ccccc2C1.O=C(O)C1Cc2ccccc2N1C(=O)c1ccc(F)cc1.[Na+].[OH-]. The number of hydrogen-bond donors (Lipinski definition) is 2. The van der Waals surface area contributed by atoms with E-state index in [0.717, 1.165) is 5.56 Å². The zero-order chi connectivity index (χ0) is 31.1. The van der Waals surface area contributed by atoms with Crippen LogP contribution in [0.5, 0.6) is 0 Å². The Balaban J connectivity index is 0.000000251. The number of carboxylic acids is 2. The zero-order valence-electron chi connectivity index (χ0n) is 24.1. The molecule has 6 rings (SSSR count). The maximum Gasteiger partial charge on any atom is 1.00 e. The van der Waals surface area contributed by atoms with Crippen LogP contribution in [0.15, 0.2) is 97.1 Å². The Hall–Kier alpha value is -3.93. The average Bonchev–Trinajstić information content (AvgIpc) is 3.61. The number of para-hydroxylation sites is 1. The van der Waals surface area contributed by atoms with Crippen LogP contribution in [-0.2, 0) is 28.9 Å². The van der Waals surface area contributed by atoms with Crippen molar-refractivity contribution in [1.29, 1.82) is 0 Å². The Morgan fingerprint density at radius 1 is 0.644 bits per heavy atom. The van der Waals surface area contributed by atoms with E-state index in [-0.39, 0.29) is 58.8 Å². The Labute approximate surface area is 284 Å². The van der Waals surface area contributed by atoms with E-state index < -0.39 is 34.9 Å². The minimum atomic E-state index is -1.05. The van der Waals surface area contributed by atoms with Gasteiger partial charge >= 0.3 is 41.5 Å². The van der Waals surface area contributed by atoms with Gasteiger partial charge in [0.15, 0.2) is 0 Å². The van der Waals surface area contributed by atoms with Crippen molar-refractivity contribution in [3.8, 4) is 0 Å².